The van der Waals surface area contributed by atoms with Crippen molar-refractivity contribution in [1.82, 2.24) is 0 Å². The normalized spacial score (nSPS) is 26.2. The quantitative estimate of drug-likeness (QED) is 0.876. The van der Waals surface area contributed by atoms with Crippen LogP contribution in [0.1, 0.15) is 33.1 Å². The molecule has 2 rings (SSSR count). The number of anilines is 1. The highest BCUT2D eigenvalue weighted by molar-refractivity contribution is 5.96. The lowest BCUT2D eigenvalue weighted by Crippen LogP contribution is -2.44. The summed E-state index contributed by atoms with van der Waals surface area (Å²) in [6, 6.07) is 7.40. The van der Waals surface area contributed by atoms with Crippen LogP contribution in [-0.4, -0.2) is 18.6 Å². The van der Waals surface area contributed by atoms with Crippen molar-refractivity contribution in [3.8, 4) is 5.75 Å². The van der Waals surface area contributed by atoms with Crippen LogP contribution < -0.4 is 15.8 Å². The molecule has 1 aliphatic carbocycles. The van der Waals surface area contributed by atoms with E-state index in [9.17, 15) is 4.79 Å². The van der Waals surface area contributed by atoms with E-state index in [-0.39, 0.29) is 11.9 Å². The van der Waals surface area contributed by atoms with Crippen LogP contribution in [0.5, 0.6) is 5.75 Å². The third-order valence-electron chi connectivity index (χ3n) is 3.95. The molecule has 1 saturated carbocycles. The van der Waals surface area contributed by atoms with E-state index in [1.54, 1.807) is 0 Å². The third kappa shape index (κ3) is 2.89. The first-order valence-corrected chi connectivity index (χ1v) is 6.86. The molecule has 0 saturated heterocycles. The van der Waals surface area contributed by atoms with Crippen LogP contribution in [0.4, 0.5) is 5.69 Å². The fraction of sp³-hybridized carbons (Fsp3) is 0.533. The summed E-state index contributed by atoms with van der Waals surface area (Å²) in [7, 11) is 0. The van der Waals surface area contributed by atoms with Crippen molar-refractivity contribution in [2.75, 3.05) is 11.9 Å². The minimum absolute atomic E-state index is 0.00569. The van der Waals surface area contributed by atoms with Gasteiger partial charge in [-0.05, 0) is 38.8 Å². The summed E-state index contributed by atoms with van der Waals surface area (Å²) in [5.74, 6) is 0.771. The fourth-order valence-corrected chi connectivity index (χ4v) is 2.58. The van der Waals surface area contributed by atoms with Gasteiger partial charge < -0.3 is 15.8 Å². The molecular weight excluding hydrogens is 240 g/mol. The van der Waals surface area contributed by atoms with Gasteiger partial charge in [-0.3, -0.25) is 4.79 Å². The second-order valence-electron chi connectivity index (χ2n) is 5.33. The van der Waals surface area contributed by atoms with Gasteiger partial charge in [-0.25, -0.2) is 0 Å². The maximum Gasteiger partial charge on any atom is 0.231 e. The standard InChI is InChI=1S/C15H22N2O2/c1-3-19-12-7-4-6-11(10-12)17-14(18)15(2)9-5-8-13(15)16/h4,6-7,10,13H,3,5,8-9,16H2,1-2H3,(H,17,18). The van der Waals surface area contributed by atoms with Crippen LogP contribution in [-0.2, 0) is 4.79 Å². The van der Waals surface area contributed by atoms with E-state index in [0.29, 0.717) is 6.61 Å². The van der Waals surface area contributed by atoms with Gasteiger partial charge in [0, 0.05) is 17.8 Å². The van der Waals surface area contributed by atoms with Crippen molar-refractivity contribution in [2.24, 2.45) is 11.1 Å². The van der Waals surface area contributed by atoms with Crippen molar-refractivity contribution < 1.29 is 9.53 Å². The lowest BCUT2D eigenvalue weighted by molar-refractivity contribution is -0.125. The molecule has 1 aromatic carbocycles. The number of nitrogens with one attached hydrogen (secondary N) is 1. The first-order chi connectivity index (χ1) is 9.06. The summed E-state index contributed by atoms with van der Waals surface area (Å²) in [4.78, 5) is 12.4. The molecule has 0 aromatic heterocycles. The molecule has 0 spiro atoms. The lowest BCUT2D eigenvalue weighted by atomic mass is 9.84. The smallest absolute Gasteiger partial charge is 0.231 e. The number of nitrogens with two attached hydrogens (primary N) is 1. The number of carbonyl (C=O) groups excluding carboxylic acids is 1. The minimum Gasteiger partial charge on any atom is -0.494 e. The van der Waals surface area contributed by atoms with Crippen LogP contribution in [0.15, 0.2) is 24.3 Å². The topological polar surface area (TPSA) is 64.3 Å². The zero-order valence-electron chi connectivity index (χ0n) is 11.6. The Labute approximate surface area is 114 Å². The van der Waals surface area contributed by atoms with E-state index < -0.39 is 5.41 Å². The van der Waals surface area contributed by atoms with Gasteiger partial charge in [0.1, 0.15) is 5.75 Å². The average molecular weight is 262 g/mol. The van der Waals surface area contributed by atoms with Crippen LogP contribution >= 0.6 is 0 Å². The van der Waals surface area contributed by atoms with Gasteiger partial charge in [-0.1, -0.05) is 12.5 Å². The minimum atomic E-state index is -0.457. The highest BCUT2D eigenvalue weighted by Crippen LogP contribution is 2.37. The Morgan fingerprint density at radius 2 is 2.37 bits per heavy atom. The fourth-order valence-electron chi connectivity index (χ4n) is 2.58. The van der Waals surface area contributed by atoms with Crippen molar-refractivity contribution in [3.05, 3.63) is 24.3 Å². The highest BCUT2D eigenvalue weighted by atomic mass is 16.5. The van der Waals surface area contributed by atoms with E-state index in [2.05, 4.69) is 5.32 Å². The SMILES string of the molecule is CCOc1cccc(NC(=O)C2(C)CCCC2N)c1. The summed E-state index contributed by atoms with van der Waals surface area (Å²) in [6.07, 6.45) is 2.79. The second kappa shape index (κ2) is 5.61. The van der Waals surface area contributed by atoms with Crippen LogP contribution in [0.25, 0.3) is 0 Å². The van der Waals surface area contributed by atoms with Crippen LogP contribution in [0.2, 0.25) is 0 Å². The Hall–Kier alpha value is -1.55. The number of ether oxygens (including phenoxy) is 1. The zero-order chi connectivity index (χ0) is 13.9. The Kier molecular flexibility index (Phi) is 4.10. The third-order valence-corrected chi connectivity index (χ3v) is 3.95. The Balaban J connectivity index is 2.08. The highest BCUT2D eigenvalue weighted by Gasteiger charge is 2.42. The molecule has 2 unspecified atom stereocenters. The molecule has 2 atom stereocenters. The molecule has 1 aliphatic rings. The molecular formula is C15H22N2O2. The Morgan fingerprint density at radius 1 is 1.58 bits per heavy atom. The molecule has 1 fully saturated rings. The Bertz CT molecular complexity index is 461. The van der Waals surface area contributed by atoms with E-state index in [1.165, 1.54) is 0 Å². The van der Waals surface area contributed by atoms with Crippen LogP contribution in [0, 0.1) is 5.41 Å². The number of hydrogen-bond acceptors (Lipinski definition) is 3. The summed E-state index contributed by atoms with van der Waals surface area (Å²) in [5, 5.41) is 2.95. The summed E-state index contributed by atoms with van der Waals surface area (Å²) in [6.45, 7) is 4.50. The first-order valence-electron chi connectivity index (χ1n) is 6.86. The molecule has 3 N–H and O–H groups in total. The van der Waals surface area contributed by atoms with Crippen molar-refractivity contribution in [3.63, 3.8) is 0 Å². The van der Waals surface area contributed by atoms with Gasteiger partial charge >= 0.3 is 0 Å². The maximum absolute atomic E-state index is 12.4. The molecule has 0 radical (unpaired) electrons. The van der Waals surface area contributed by atoms with Gasteiger partial charge in [0.2, 0.25) is 5.91 Å². The van der Waals surface area contributed by atoms with E-state index in [4.69, 9.17) is 10.5 Å². The van der Waals surface area contributed by atoms with Gasteiger partial charge in [0.15, 0.2) is 0 Å². The molecule has 104 valence electrons. The van der Waals surface area contributed by atoms with Gasteiger partial charge in [0.05, 0.1) is 12.0 Å². The van der Waals surface area contributed by atoms with Crippen LogP contribution in [0.3, 0.4) is 0 Å². The molecule has 0 heterocycles. The summed E-state index contributed by atoms with van der Waals surface area (Å²) >= 11 is 0. The molecule has 1 amide bonds. The number of carbonyl (C=O) groups is 1. The van der Waals surface area contributed by atoms with E-state index in [0.717, 1.165) is 30.7 Å². The number of hydrogen-bond donors (Lipinski definition) is 2. The zero-order valence-corrected chi connectivity index (χ0v) is 11.6. The molecule has 0 aliphatic heterocycles. The first kappa shape index (κ1) is 13.9. The monoisotopic (exact) mass is 262 g/mol. The van der Waals surface area contributed by atoms with Crippen molar-refractivity contribution >= 4 is 11.6 Å². The molecule has 4 heteroatoms. The number of rotatable bonds is 4. The van der Waals surface area contributed by atoms with Crippen molar-refractivity contribution in [1.29, 1.82) is 0 Å². The largest absolute Gasteiger partial charge is 0.494 e. The molecule has 19 heavy (non-hydrogen) atoms. The predicted molar refractivity (Wildman–Crippen MR) is 76.2 cm³/mol. The maximum atomic E-state index is 12.4. The lowest BCUT2D eigenvalue weighted by Gasteiger charge is -2.27. The van der Waals surface area contributed by atoms with Gasteiger partial charge in [-0.2, -0.15) is 0 Å². The number of amides is 1. The predicted octanol–water partition coefficient (Wildman–Crippen LogP) is 2.54. The second-order valence-corrected chi connectivity index (χ2v) is 5.33. The molecule has 4 nitrogen and oxygen atoms in total. The van der Waals surface area contributed by atoms with Gasteiger partial charge in [0.25, 0.3) is 0 Å². The van der Waals surface area contributed by atoms with E-state index in [1.807, 2.05) is 38.1 Å². The molecule has 1 aromatic rings. The Morgan fingerprint density at radius 3 is 3.00 bits per heavy atom. The van der Waals surface area contributed by atoms with Gasteiger partial charge in [-0.15, -0.1) is 0 Å². The average Bonchev–Trinajstić information content (AvgIpc) is 2.72. The number of benzene rings is 1. The summed E-state index contributed by atoms with van der Waals surface area (Å²) < 4.78 is 5.42. The molecule has 0 bridgehead atoms. The van der Waals surface area contributed by atoms with Crippen molar-refractivity contribution in [2.45, 2.75) is 39.2 Å². The summed E-state index contributed by atoms with van der Waals surface area (Å²) in [5.41, 5.74) is 6.36. The van der Waals surface area contributed by atoms with E-state index >= 15 is 0 Å².